The fourth-order valence-electron chi connectivity index (χ4n) is 3.47. The Labute approximate surface area is 193 Å². The van der Waals surface area contributed by atoms with Crippen LogP contribution >= 0.6 is 11.8 Å². The number of unbranched alkanes of at least 4 members (excludes halogenated alkanes) is 3. The third-order valence-electron chi connectivity index (χ3n) is 5.06. The number of aryl methyl sites for hydroxylation is 2. The van der Waals surface area contributed by atoms with Crippen LogP contribution < -0.4 is 16.6 Å². The second-order valence-corrected chi connectivity index (χ2v) is 8.93. The molecule has 0 radical (unpaired) electrons. The zero-order chi connectivity index (χ0) is 23.7. The van der Waals surface area contributed by atoms with Crippen LogP contribution in [0.4, 0.5) is 0 Å². The van der Waals surface area contributed by atoms with Crippen molar-refractivity contribution in [3.05, 3.63) is 26.7 Å². The normalized spacial score (nSPS) is 12.3. The van der Waals surface area contributed by atoms with E-state index >= 15 is 0 Å². The number of carbonyl (C=O) groups is 1. The summed E-state index contributed by atoms with van der Waals surface area (Å²) >= 11 is 1.20. The third kappa shape index (κ3) is 6.65. The van der Waals surface area contributed by atoms with E-state index in [1.807, 2.05) is 13.8 Å². The molecule has 0 aromatic carbocycles. The summed E-state index contributed by atoms with van der Waals surface area (Å²) in [7, 11) is 3.04. The molecule has 32 heavy (non-hydrogen) atoms. The monoisotopic (exact) mass is 465 g/mol. The quantitative estimate of drug-likeness (QED) is 0.275. The molecule has 2 rings (SSSR count). The van der Waals surface area contributed by atoms with E-state index in [0.717, 1.165) is 36.7 Å². The molecule has 2 aromatic rings. The molecule has 1 amide bonds. The molecule has 9 nitrogen and oxygen atoms in total. The lowest BCUT2D eigenvalue weighted by atomic mass is 10.1. The number of ether oxygens (including phenoxy) is 1. The van der Waals surface area contributed by atoms with Gasteiger partial charge < -0.3 is 10.1 Å². The molecule has 2 aromatic heterocycles. The Bertz CT molecular complexity index is 1030. The van der Waals surface area contributed by atoms with E-state index in [2.05, 4.69) is 22.2 Å². The third-order valence-corrected chi connectivity index (χ3v) is 6.04. The molecule has 0 fully saturated rings. The van der Waals surface area contributed by atoms with Crippen molar-refractivity contribution >= 4 is 28.7 Å². The number of aromatic nitrogens is 4. The van der Waals surface area contributed by atoms with E-state index < -0.39 is 5.56 Å². The Morgan fingerprint density at radius 3 is 2.56 bits per heavy atom. The molecule has 0 spiro atoms. The molecule has 2 heterocycles. The van der Waals surface area contributed by atoms with E-state index in [-0.39, 0.29) is 23.4 Å². The van der Waals surface area contributed by atoms with Gasteiger partial charge in [-0.2, -0.15) is 0 Å². The first-order chi connectivity index (χ1) is 15.3. The van der Waals surface area contributed by atoms with Crippen LogP contribution in [0.15, 0.2) is 14.6 Å². The van der Waals surface area contributed by atoms with Gasteiger partial charge in [-0.1, -0.05) is 44.9 Å². The number of thioether (sulfide) groups is 1. The molecule has 1 N–H and O–H groups in total. The van der Waals surface area contributed by atoms with E-state index in [1.165, 1.54) is 18.8 Å². The van der Waals surface area contributed by atoms with Crippen molar-refractivity contribution in [1.29, 1.82) is 0 Å². The van der Waals surface area contributed by atoms with Gasteiger partial charge in [-0.15, -0.1) is 0 Å². The first kappa shape index (κ1) is 26.1. The van der Waals surface area contributed by atoms with Crippen LogP contribution in [0.25, 0.3) is 11.0 Å². The van der Waals surface area contributed by atoms with Gasteiger partial charge in [0.25, 0.3) is 5.56 Å². The minimum absolute atomic E-state index is 0.103. The van der Waals surface area contributed by atoms with Gasteiger partial charge in [-0.05, 0) is 19.8 Å². The van der Waals surface area contributed by atoms with E-state index in [4.69, 9.17) is 4.74 Å². The number of nitrogens with one attached hydrogen (secondary N) is 1. The van der Waals surface area contributed by atoms with Crippen molar-refractivity contribution < 1.29 is 9.53 Å². The first-order valence-electron chi connectivity index (χ1n) is 11.2. The number of nitrogens with zero attached hydrogens (tertiary/aromatic N) is 4. The van der Waals surface area contributed by atoms with Crippen molar-refractivity contribution in [2.75, 3.05) is 19.5 Å². The number of hydrogen-bond acceptors (Lipinski definition) is 7. The number of fused-ring (bicyclic) bond motifs is 1. The molecule has 0 aliphatic heterocycles. The second-order valence-electron chi connectivity index (χ2n) is 7.97. The van der Waals surface area contributed by atoms with Gasteiger partial charge >= 0.3 is 5.69 Å². The largest absolute Gasteiger partial charge is 0.383 e. The highest BCUT2D eigenvalue weighted by molar-refractivity contribution is 8.00. The van der Waals surface area contributed by atoms with Crippen molar-refractivity contribution in [2.24, 2.45) is 7.05 Å². The van der Waals surface area contributed by atoms with Crippen molar-refractivity contribution in [3.63, 3.8) is 0 Å². The van der Waals surface area contributed by atoms with E-state index in [9.17, 15) is 14.4 Å². The van der Waals surface area contributed by atoms with Crippen LogP contribution in [0.3, 0.4) is 0 Å². The predicted octanol–water partition coefficient (Wildman–Crippen LogP) is 2.27. The standard InChI is InChI=1S/C22H35N5O4S/c1-6-8-9-10-11-16-24-19-18(21(29)26(4)22(30)27(19)12-7-2)20(25-16)32-14-17(28)23-15(3)13-31-5/h15H,6-14H2,1-5H3,(H,23,28). The Balaban J connectivity index is 2.47. The van der Waals surface area contributed by atoms with Crippen molar-refractivity contribution in [1.82, 2.24) is 24.4 Å². The number of carbonyl (C=O) groups excluding carboxylic acids is 1. The molecule has 0 aliphatic rings. The first-order valence-corrected chi connectivity index (χ1v) is 12.2. The Morgan fingerprint density at radius 1 is 1.16 bits per heavy atom. The Morgan fingerprint density at radius 2 is 1.91 bits per heavy atom. The number of methoxy groups -OCH3 is 1. The van der Waals surface area contributed by atoms with Gasteiger partial charge in [0.2, 0.25) is 5.91 Å². The van der Waals surface area contributed by atoms with Crippen molar-refractivity contribution in [2.45, 2.75) is 76.9 Å². The van der Waals surface area contributed by atoms with Gasteiger partial charge in [0.05, 0.1) is 12.4 Å². The average Bonchev–Trinajstić information content (AvgIpc) is 2.76. The zero-order valence-corrected chi connectivity index (χ0v) is 20.6. The Kier molecular flexibility index (Phi) is 10.4. The maximum absolute atomic E-state index is 13.0. The smallest absolute Gasteiger partial charge is 0.332 e. The van der Waals surface area contributed by atoms with Crippen molar-refractivity contribution in [3.8, 4) is 0 Å². The zero-order valence-electron chi connectivity index (χ0n) is 19.8. The molecule has 0 saturated heterocycles. The van der Waals surface area contributed by atoms with Gasteiger partial charge in [-0.3, -0.25) is 18.7 Å². The van der Waals surface area contributed by atoms with Gasteiger partial charge in [0.1, 0.15) is 16.2 Å². The minimum Gasteiger partial charge on any atom is -0.383 e. The average molecular weight is 466 g/mol. The summed E-state index contributed by atoms with van der Waals surface area (Å²) in [6.07, 6.45) is 5.65. The number of hydrogen-bond donors (Lipinski definition) is 1. The van der Waals surface area contributed by atoms with Crippen LogP contribution in [0.2, 0.25) is 0 Å². The summed E-state index contributed by atoms with van der Waals surface area (Å²) in [4.78, 5) is 47.4. The van der Waals surface area contributed by atoms with Crippen LogP contribution in [0.1, 0.15) is 58.7 Å². The molecule has 0 saturated carbocycles. The summed E-state index contributed by atoms with van der Waals surface area (Å²) < 4.78 is 7.68. The van der Waals surface area contributed by atoms with E-state index in [0.29, 0.717) is 41.5 Å². The maximum atomic E-state index is 13.0. The summed E-state index contributed by atoms with van der Waals surface area (Å²) in [6, 6.07) is -0.119. The molecular formula is C22H35N5O4S. The summed E-state index contributed by atoms with van der Waals surface area (Å²) in [5.41, 5.74) is -0.469. The summed E-state index contributed by atoms with van der Waals surface area (Å²) in [6.45, 7) is 6.85. The lowest BCUT2D eigenvalue weighted by Gasteiger charge is -2.15. The predicted molar refractivity (Wildman–Crippen MR) is 127 cm³/mol. The molecule has 0 bridgehead atoms. The molecule has 10 heteroatoms. The van der Waals surface area contributed by atoms with Crippen LogP contribution in [0.5, 0.6) is 0 Å². The Hall–Kier alpha value is -2.20. The van der Waals surface area contributed by atoms with Gasteiger partial charge in [0, 0.05) is 33.2 Å². The lowest BCUT2D eigenvalue weighted by molar-refractivity contribution is -0.119. The van der Waals surface area contributed by atoms with Crippen LogP contribution in [-0.4, -0.2) is 50.5 Å². The lowest BCUT2D eigenvalue weighted by Crippen LogP contribution is -2.39. The molecule has 0 aliphatic carbocycles. The number of amides is 1. The van der Waals surface area contributed by atoms with Gasteiger partial charge in [-0.25, -0.2) is 14.8 Å². The molecule has 178 valence electrons. The highest BCUT2D eigenvalue weighted by atomic mass is 32.2. The molecule has 1 unspecified atom stereocenters. The molecule has 1 atom stereocenters. The maximum Gasteiger partial charge on any atom is 0.332 e. The van der Waals surface area contributed by atoms with Crippen LogP contribution in [-0.2, 0) is 29.5 Å². The fraction of sp³-hybridized carbons (Fsp3) is 0.682. The van der Waals surface area contributed by atoms with E-state index in [1.54, 1.807) is 11.7 Å². The highest BCUT2D eigenvalue weighted by Crippen LogP contribution is 2.23. The SMILES string of the molecule is CCCCCCc1nc(SCC(=O)NC(C)COC)c2c(=O)n(C)c(=O)n(CCC)c2n1. The topological polar surface area (TPSA) is 108 Å². The highest BCUT2D eigenvalue weighted by Gasteiger charge is 2.19. The summed E-state index contributed by atoms with van der Waals surface area (Å²) in [5.74, 6) is 0.530. The van der Waals surface area contributed by atoms with Crippen LogP contribution in [0, 0.1) is 0 Å². The second kappa shape index (κ2) is 12.7. The molecular weight excluding hydrogens is 430 g/mol. The minimum atomic E-state index is -0.439. The summed E-state index contributed by atoms with van der Waals surface area (Å²) in [5, 5.41) is 3.60. The van der Waals surface area contributed by atoms with Gasteiger partial charge in [0.15, 0.2) is 5.65 Å². The fourth-order valence-corrected chi connectivity index (χ4v) is 4.32. The number of rotatable bonds is 13.